The SMILES string of the molecule is CCc1cccc(CC)c1NC(=O)c1cc(N)cnc1C. The molecule has 1 aromatic carbocycles. The Balaban J connectivity index is 2.38. The molecule has 1 aromatic heterocycles. The van der Waals surface area contributed by atoms with Crippen molar-refractivity contribution in [2.75, 3.05) is 11.1 Å². The highest BCUT2D eigenvalue weighted by atomic mass is 16.1. The molecule has 0 aliphatic rings. The predicted molar refractivity (Wildman–Crippen MR) is 86.5 cm³/mol. The monoisotopic (exact) mass is 283 g/mol. The van der Waals surface area contributed by atoms with E-state index in [1.54, 1.807) is 19.2 Å². The summed E-state index contributed by atoms with van der Waals surface area (Å²) in [4.78, 5) is 16.7. The van der Waals surface area contributed by atoms with Gasteiger partial charge in [0.2, 0.25) is 0 Å². The molecule has 2 rings (SSSR count). The Morgan fingerprint density at radius 1 is 1.24 bits per heavy atom. The fourth-order valence-electron chi connectivity index (χ4n) is 2.36. The van der Waals surface area contributed by atoms with E-state index in [1.165, 1.54) is 0 Å². The number of pyridine rings is 1. The lowest BCUT2D eigenvalue weighted by molar-refractivity contribution is 0.102. The summed E-state index contributed by atoms with van der Waals surface area (Å²) < 4.78 is 0. The summed E-state index contributed by atoms with van der Waals surface area (Å²) in [7, 11) is 0. The van der Waals surface area contributed by atoms with Crippen LogP contribution in [0.25, 0.3) is 0 Å². The first kappa shape index (κ1) is 15.0. The van der Waals surface area contributed by atoms with Gasteiger partial charge in [-0.05, 0) is 37.0 Å². The molecule has 3 N–H and O–H groups in total. The average molecular weight is 283 g/mol. The Morgan fingerprint density at radius 3 is 2.43 bits per heavy atom. The minimum Gasteiger partial charge on any atom is -0.397 e. The highest BCUT2D eigenvalue weighted by Gasteiger charge is 2.14. The molecule has 1 amide bonds. The van der Waals surface area contributed by atoms with E-state index < -0.39 is 0 Å². The van der Waals surface area contributed by atoms with Crippen LogP contribution in [0, 0.1) is 6.92 Å². The lowest BCUT2D eigenvalue weighted by Gasteiger charge is -2.15. The van der Waals surface area contributed by atoms with Gasteiger partial charge in [0.1, 0.15) is 0 Å². The van der Waals surface area contributed by atoms with Gasteiger partial charge in [-0.1, -0.05) is 32.0 Å². The van der Waals surface area contributed by atoms with Crippen molar-refractivity contribution in [3.05, 3.63) is 52.8 Å². The number of nitrogens with two attached hydrogens (primary N) is 1. The van der Waals surface area contributed by atoms with Crippen LogP contribution >= 0.6 is 0 Å². The highest BCUT2D eigenvalue weighted by molar-refractivity contribution is 6.06. The Labute approximate surface area is 125 Å². The number of carbonyl (C=O) groups excluding carboxylic acids is 1. The van der Waals surface area contributed by atoms with Gasteiger partial charge < -0.3 is 11.1 Å². The van der Waals surface area contributed by atoms with E-state index in [4.69, 9.17) is 5.73 Å². The van der Waals surface area contributed by atoms with Crippen LogP contribution in [0.3, 0.4) is 0 Å². The van der Waals surface area contributed by atoms with Gasteiger partial charge in [0.25, 0.3) is 5.91 Å². The quantitative estimate of drug-likeness (QED) is 0.904. The first-order chi connectivity index (χ1) is 10.1. The third-order valence-electron chi connectivity index (χ3n) is 3.59. The first-order valence-corrected chi connectivity index (χ1v) is 7.21. The summed E-state index contributed by atoms with van der Waals surface area (Å²) in [6, 6.07) is 7.77. The summed E-state index contributed by atoms with van der Waals surface area (Å²) in [5.74, 6) is -0.164. The van der Waals surface area contributed by atoms with Crippen LogP contribution in [-0.2, 0) is 12.8 Å². The van der Waals surface area contributed by atoms with Crippen molar-refractivity contribution in [1.82, 2.24) is 4.98 Å². The molecule has 0 unspecified atom stereocenters. The fourth-order valence-corrected chi connectivity index (χ4v) is 2.36. The maximum atomic E-state index is 12.5. The third-order valence-corrected chi connectivity index (χ3v) is 3.59. The van der Waals surface area contributed by atoms with Gasteiger partial charge in [-0.25, -0.2) is 0 Å². The molecule has 0 aliphatic carbocycles. The summed E-state index contributed by atoms with van der Waals surface area (Å²) in [6.45, 7) is 5.97. The molecule has 0 atom stereocenters. The molecule has 0 bridgehead atoms. The zero-order valence-corrected chi connectivity index (χ0v) is 12.7. The Morgan fingerprint density at radius 2 is 1.86 bits per heavy atom. The molecule has 0 radical (unpaired) electrons. The molecule has 1 heterocycles. The zero-order valence-electron chi connectivity index (χ0n) is 12.7. The summed E-state index contributed by atoms with van der Waals surface area (Å²) in [6.07, 6.45) is 3.30. The number of aryl methyl sites for hydroxylation is 3. The number of aromatic nitrogens is 1. The first-order valence-electron chi connectivity index (χ1n) is 7.21. The molecule has 0 fully saturated rings. The second-order valence-corrected chi connectivity index (χ2v) is 5.01. The molecular weight excluding hydrogens is 262 g/mol. The van der Waals surface area contributed by atoms with Crippen molar-refractivity contribution in [1.29, 1.82) is 0 Å². The van der Waals surface area contributed by atoms with Gasteiger partial charge in [-0.2, -0.15) is 0 Å². The number of hydrogen-bond donors (Lipinski definition) is 2. The number of para-hydroxylation sites is 1. The Hall–Kier alpha value is -2.36. The van der Waals surface area contributed by atoms with E-state index >= 15 is 0 Å². The van der Waals surface area contributed by atoms with E-state index in [-0.39, 0.29) is 5.91 Å². The number of anilines is 2. The van der Waals surface area contributed by atoms with Crippen LogP contribution in [-0.4, -0.2) is 10.9 Å². The van der Waals surface area contributed by atoms with Crippen LogP contribution in [0.2, 0.25) is 0 Å². The number of rotatable bonds is 4. The van der Waals surface area contributed by atoms with Crippen molar-refractivity contribution in [2.24, 2.45) is 0 Å². The number of hydrogen-bond acceptors (Lipinski definition) is 3. The van der Waals surface area contributed by atoms with Gasteiger partial charge in [-0.3, -0.25) is 9.78 Å². The van der Waals surface area contributed by atoms with Crippen LogP contribution in [0.1, 0.15) is 41.0 Å². The van der Waals surface area contributed by atoms with E-state index in [9.17, 15) is 4.79 Å². The van der Waals surface area contributed by atoms with Crippen LogP contribution in [0.15, 0.2) is 30.5 Å². The average Bonchev–Trinajstić information content (AvgIpc) is 2.49. The van der Waals surface area contributed by atoms with E-state index in [0.29, 0.717) is 16.9 Å². The largest absolute Gasteiger partial charge is 0.397 e. The standard InChI is InChI=1S/C17H21N3O/c1-4-12-7-6-8-13(5-2)16(12)20-17(21)15-9-14(18)10-19-11(15)3/h6-10H,4-5,18H2,1-3H3,(H,20,21). The predicted octanol–water partition coefficient (Wildman–Crippen LogP) is 3.35. The molecule has 0 aliphatic heterocycles. The second kappa shape index (κ2) is 6.39. The van der Waals surface area contributed by atoms with Gasteiger partial charge in [0.15, 0.2) is 0 Å². The normalized spacial score (nSPS) is 10.4. The van der Waals surface area contributed by atoms with Crippen molar-refractivity contribution in [3.8, 4) is 0 Å². The number of nitrogens with zero attached hydrogens (tertiary/aromatic N) is 1. The fraction of sp³-hybridized carbons (Fsp3) is 0.294. The smallest absolute Gasteiger partial charge is 0.257 e. The molecule has 0 spiro atoms. The van der Waals surface area contributed by atoms with Gasteiger partial charge in [0.05, 0.1) is 23.1 Å². The molecule has 110 valence electrons. The van der Waals surface area contributed by atoms with Gasteiger partial charge >= 0.3 is 0 Å². The van der Waals surface area contributed by atoms with E-state index in [2.05, 4.69) is 24.1 Å². The molecule has 0 saturated heterocycles. The Kier molecular flexibility index (Phi) is 4.58. The Bertz CT molecular complexity index is 643. The topological polar surface area (TPSA) is 68.0 Å². The van der Waals surface area contributed by atoms with Crippen molar-refractivity contribution in [3.63, 3.8) is 0 Å². The number of amides is 1. The number of benzene rings is 1. The lowest BCUT2D eigenvalue weighted by Crippen LogP contribution is -2.17. The van der Waals surface area contributed by atoms with Crippen molar-refractivity contribution >= 4 is 17.3 Å². The number of nitrogens with one attached hydrogen (secondary N) is 1. The number of nitrogen functional groups attached to an aromatic ring is 1. The van der Waals surface area contributed by atoms with Crippen LogP contribution in [0.4, 0.5) is 11.4 Å². The third kappa shape index (κ3) is 3.21. The van der Waals surface area contributed by atoms with Gasteiger partial charge in [0, 0.05) is 5.69 Å². The molecule has 4 nitrogen and oxygen atoms in total. The molecule has 2 aromatic rings. The van der Waals surface area contributed by atoms with E-state index in [0.717, 1.165) is 29.7 Å². The maximum Gasteiger partial charge on any atom is 0.257 e. The summed E-state index contributed by atoms with van der Waals surface area (Å²) in [5.41, 5.74) is 10.6. The maximum absolute atomic E-state index is 12.5. The number of carbonyl (C=O) groups is 1. The highest BCUT2D eigenvalue weighted by Crippen LogP contribution is 2.23. The molecule has 0 saturated carbocycles. The van der Waals surface area contributed by atoms with Gasteiger partial charge in [-0.15, -0.1) is 0 Å². The van der Waals surface area contributed by atoms with Crippen molar-refractivity contribution < 1.29 is 4.79 Å². The summed E-state index contributed by atoms with van der Waals surface area (Å²) >= 11 is 0. The summed E-state index contributed by atoms with van der Waals surface area (Å²) in [5, 5.41) is 3.03. The minimum absolute atomic E-state index is 0.164. The second-order valence-electron chi connectivity index (χ2n) is 5.01. The lowest BCUT2D eigenvalue weighted by atomic mass is 10.0. The zero-order chi connectivity index (χ0) is 15.4. The van der Waals surface area contributed by atoms with Crippen LogP contribution < -0.4 is 11.1 Å². The molecular formula is C17H21N3O. The van der Waals surface area contributed by atoms with E-state index in [1.807, 2.05) is 18.2 Å². The van der Waals surface area contributed by atoms with Crippen LogP contribution in [0.5, 0.6) is 0 Å². The minimum atomic E-state index is -0.164. The molecule has 21 heavy (non-hydrogen) atoms. The van der Waals surface area contributed by atoms with Crippen molar-refractivity contribution in [2.45, 2.75) is 33.6 Å². The molecule has 4 heteroatoms.